The highest BCUT2D eigenvalue weighted by atomic mass is 16.2. The van der Waals surface area contributed by atoms with Crippen LogP contribution >= 0.6 is 0 Å². The van der Waals surface area contributed by atoms with E-state index in [-0.39, 0.29) is 17.9 Å². The Morgan fingerprint density at radius 2 is 1.71 bits per heavy atom. The third-order valence-electron chi connectivity index (χ3n) is 4.04. The lowest BCUT2D eigenvalue weighted by Gasteiger charge is -2.38. The molecule has 0 spiro atoms. The first-order chi connectivity index (χ1) is 10.1. The van der Waals surface area contributed by atoms with E-state index in [1.54, 1.807) is 11.8 Å². The molecule has 0 radical (unpaired) electrons. The topological polar surface area (TPSA) is 49.4 Å². The number of nitrogens with zero attached hydrogens (tertiary/aromatic N) is 1. The third kappa shape index (κ3) is 3.43. The van der Waals surface area contributed by atoms with Crippen LogP contribution in [0.15, 0.2) is 24.3 Å². The number of hydrogen-bond donors (Lipinski definition) is 1. The van der Waals surface area contributed by atoms with Crippen molar-refractivity contribution < 1.29 is 9.59 Å². The largest absolute Gasteiger partial charge is 0.343 e. The Bertz CT molecular complexity index is 510. The molecule has 1 aliphatic heterocycles. The molecule has 1 aromatic carbocycles. The van der Waals surface area contributed by atoms with Gasteiger partial charge in [-0.15, -0.1) is 0 Å². The Morgan fingerprint density at radius 3 is 2.29 bits per heavy atom. The van der Waals surface area contributed by atoms with Crippen LogP contribution in [0.25, 0.3) is 0 Å². The number of piperazine rings is 1. The fraction of sp³-hybridized carbons (Fsp3) is 0.529. The molecule has 4 nitrogen and oxygen atoms in total. The predicted octanol–water partition coefficient (Wildman–Crippen LogP) is 2.26. The molecular weight excluding hydrogens is 264 g/mol. The summed E-state index contributed by atoms with van der Waals surface area (Å²) in [7, 11) is 0. The van der Waals surface area contributed by atoms with Crippen molar-refractivity contribution in [3.05, 3.63) is 35.4 Å². The van der Waals surface area contributed by atoms with Gasteiger partial charge in [-0.2, -0.15) is 0 Å². The highest BCUT2D eigenvalue weighted by Crippen LogP contribution is 2.18. The lowest BCUT2D eigenvalue weighted by atomic mass is 10.0. The lowest BCUT2D eigenvalue weighted by molar-refractivity contribution is -0.149. The van der Waals surface area contributed by atoms with E-state index >= 15 is 0 Å². The van der Waals surface area contributed by atoms with Gasteiger partial charge in [0.1, 0.15) is 12.1 Å². The zero-order chi connectivity index (χ0) is 15.4. The Balaban J connectivity index is 2.19. The number of hydrogen-bond acceptors (Lipinski definition) is 2. The molecule has 1 aliphatic rings. The van der Waals surface area contributed by atoms with E-state index in [1.807, 2.05) is 19.1 Å². The highest BCUT2D eigenvalue weighted by molar-refractivity contribution is 5.96. The van der Waals surface area contributed by atoms with Crippen molar-refractivity contribution in [1.29, 1.82) is 0 Å². The van der Waals surface area contributed by atoms with Gasteiger partial charge in [0.05, 0.1) is 0 Å². The minimum atomic E-state index is -0.430. The first-order valence-corrected chi connectivity index (χ1v) is 7.75. The average Bonchev–Trinajstić information content (AvgIpc) is 2.49. The molecule has 114 valence electrons. The first kappa shape index (κ1) is 15.5. The first-order valence-electron chi connectivity index (χ1n) is 7.75. The molecule has 2 amide bonds. The molecule has 0 aromatic heterocycles. The van der Waals surface area contributed by atoms with Gasteiger partial charge in [-0.25, -0.2) is 0 Å². The van der Waals surface area contributed by atoms with E-state index in [9.17, 15) is 9.59 Å². The van der Waals surface area contributed by atoms with Gasteiger partial charge in [-0.3, -0.25) is 9.59 Å². The van der Waals surface area contributed by atoms with Gasteiger partial charge in [0.2, 0.25) is 11.8 Å². The lowest BCUT2D eigenvalue weighted by Crippen LogP contribution is -2.61. The van der Waals surface area contributed by atoms with Crippen LogP contribution < -0.4 is 5.32 Å². The fourth-order valence-electron chi connectivity index (χ4n) is 2.74. The summed E-state index contributed by atoms with van der Waals surface area (Å²) in [5.41, 5.74) is 2.35. The molecular formula is C17H24N2O2. The van der Waals surface area contributed by atoms with Gasteiger partial charge in [-0.05, 0) is 30.9 Å². The second-order valence-electron chi connectivity index (χ2n) is 5.67. The van der Waals surface area contributed by atoms with E-state index in [0.717, 1.165) is 18.4 Å². The van der Waals surface area contributed by atoms with E-state index in [2.05, 4.69) is 24.4 Å². The smallest absolute Gasteiger partial charge is 0.245 e. The van der Waals surface area contributed by atoms with Crippen LogP contribution in [0.3, 0.4) is 0 Å². The van der Waals surface area contributed by atoms with E-state index in [1.165, 1.54) is 5.56 Å². The summed E-state index contributed by atoms with van der Waals surface area (Å²) >= 11 is 0. The van der Waals surface area contributed by atoms with Crippen LogP contribution in [0, 0.1) is 0 Å². The van der Waals surface area contributed by atoms with Crippen molar-refractivity contribution in [3.63, 3.8) is 0 Å². The second kappa shape index (κ2) is 6.74. The number of nitrogens with one attached hydrogen (secondary N) is 1. The normalized spacial score (nSPS) is 22.3. The Morgan fingerprint density at radius 1 is 1.10 bits per heavy atom. The van der Waals surface area contributed by atoms with Gasteiger partial charge in [0, 0.05) is 6.54 Å². The standard InChI is InChI=1S/C17H24N2O2/c1-4-6-15-16(20)18-12(3)17(21)19(15)11-14-9-7-13(5-2)8-10-14/h7-10,12,15H,4-6,11H2,1-3H3,(H,18,20). The molecule has 1 saturated heterocycles. The molecule has 2 rings (SSSR count). The SMILES string of the molecule is CCCC1C(=O)NC(C)C(=O)N1Cc1ccc(CC)cc1. The summed E-state index contributed by atoms with van der Waals surface area (Å²) in [5.74, 6) is -0.0262. The minimum absolute atomic E-state index is 0.00705. The van der Waals surface area contributed by atoms with Gasteiger partial charge >= 0.3 is 0 Å². The maximum absolute atomic E-state index is 12.4. The molecule has 21 heavy (non-hydrogen) atoms. The molecule has 1 heterocycles. The maximum atomic E-state index is 12.4. The van der Waals surface area contributed by atoms with Crippen LogP contribution in [-0.4, -0.2) is 28.8 Å². The summed E-state index contributed by atoms with van der Waals surface area (Å²) in [5, 5.41) is 2.77. The molecule has 0 aliphatic carbocycles. The molecule has 4 heteroatoms. The number of aryl methyl sites for hydroxylation is 1. The van der Waals surface area contributed by atoms with E-state index in [0.29, 0.717) is 13.0 Å². The Kier molecular flexibility index (Phi) is 4.99. The molecule has 0 bridgehead atoms. The van der Waals surface area contributed by atoms with E-state index < -0.39 is 6.04 Å². The van der Waals surface area contributed by atoms with Crippen LogP contribution in [-0.2, 0) is 22.6 Å². The van der Waals surface area contributed by atoms with Crippen molar-refractivity contribution in [3.8, 4) is 0 Å². The molecule has 1 fully saturated rings. The number of carbonyl (C=O) groups is 2. The highest BCUT2D eigenvalue weighted by Gasteiger charge is 2.37. The van der Waals surface area contributed by atoms with Gasteiger partial charge in [0.25, 0.3) is 0 Å². The summed E-state index contributed by atoms with van der Waals surface area (Å²) in [6, 6.07) is 7.49. The minimum Gasteiger partial charge on any atom is -0.343 e. The van der Waals surface area contributed by atoms with E-state index in [4.69, 9.17) is 0 Å². The van der Waals surface area contributed by atoms with Crippen LogP contribution in [0.5, 0.6) is 0 Å². The van der Waals surface area contributed by atoms with Crippen LogP contribution in [0.1, 0.15) is 44.7 Å². The maximum Gasteiger partial charge on any atom is 0.245 e. The Hall–Kier alpha value is -1.84. The molecule has 2 unspecified atom stereocenters. The van der Waals surface area contributed by atoms with Gasteiger partial charge in [-0.1, -0.05) is 44.5 Å². The number of benzene rings is 1. The Labute approximate surface area is 126 Å². The quantitative estimate of drug-likeness (QED) is 0.903. The zero-order valence-electron chi connectivity index (χ0n) is 13.1. The fourth-order valence-corrected chi connectivity index (χ4v) is 2.74. The van der Waals surface area contributed by atoms with Crippen LogP contribution in [0.2, 0.25) is 0 Å². The van der Waals surface area contributed by atoms with Gasteiger partial charge in [0.15, 0.2) is 0 Å². The predicted molar refractivity (Wildman–Crippen MR) is 82.7 cm³/mol. The van der Waals surface area contributed by atoms with Crippen LogP contribution in [0.4, 0.5) is 0 Å². The molecule has 1 N–H and O–H groups in total. The third-order valence-corrected chi connectivity index (χ3v) is 4.04. The summed E-state index contributed by atoms with van der Waals surface area (Å²) in [6.45, 7) is 6.40. The molecule has 2 atom stereocenters. The zero-order valence-corrected chi connectivity index (χ0v) is 13.1. The van der Waals surface area contributed by atoms with Gasteiger partial charge < -0.3 is 10.2 Å². The van der Waals surface area contributed by atoms with Crippen molar-refractivity contribution in [2.75, 3.05) is 0 Å². The average molecular weight is 288 g/mol. The monoisotopic (exact) mass is 288 g/mol. The molecule has 0 saturated carbocycles. The van der Waals surface area contributed by atoms with Crippen molar-refractivity contribution in [2.24, 2.45) is 0 Å². The van der Waals surface area contributed by atoms with Crippen molar-refractivity contribution in [1.82, 2.24) is 10.2 Å². The van der Waals surface area contributed by atoms with Crippen molar-refractivity contribution in [2.45, 2.75) is 58.7 Å². The number of carbonyl (C=O) groups excluding carboxylic acids is 2. The number of rotatable bonds is 5. The van der Waals surface area contributed by atoms with Crippen molar-refractivity contribution >= 4 is 11.8 Å². The summed E-state index contributed by atoms with van der Waals surface area (Å²) in [6.07, 6.45) is 2.59. The summed E-state index contributed by atoms with van der Waals surface area (Å²) < 4.78 is 0. The second-order valence-corrected chi connectivity index (χ2v) is 5.67. The summed E-state index contributed by atoms with van der Waals surface area (Å²) in [4.78, 5) is 26.3. The number of amides is 2. The molecule has 1 aromatic rings.